The van der Waals surface area contributed by atoms with E-state index in [-0.39, 0.29) is 11.8 Å². The number of hydrogen-bond donors (Lipinski definition) is 1. The van der Waals surface area contributed by atoms with Gasteiger partial charge >= 0.3 is 5.97 Å². The van der Waals surface area contributed by atoms with Gasteiger partial charge in [-0.3, -0.25) is 4.79 Å². The fraction of sp³-hybridized carbons (Fsp3) is 0.381. The van der Waals surface area contributed by atoms with Crippen LogP contribution in [0.1, 0.15) is 45.1 Å². The molecular weight excluding hydrogens is 300 g/mol. The third-order valence-electron chi connectivity index (χ3n) is 5.07. The molecule has 0 radical (unpaired) electrons. The first-order valence-corrected chi connectivity index (χ1v) is 8.52. The smallest absolute Gasteiger partial charge is 0.303 e. The zero-order valence-corrected chi connectivity index (χ0v) is 14.7. The Morgan fingerprint density at radius 2 is 1.58 bits per heavy atom. The summed E-state index contributed by atoms with van der Waals surface area (Å²) in [5, 5.41) is 9.16. The lowest BCUT2D eigenvalue weighted by molar-refractivity contribution is -0.137. The highest BCUT2D eigenvalue weighted by Crippen LogP contribution is 2.43. The summed E-state index contributed by atoms with van der Waals surface area (Å²) >= 11 is 0. The minimum Gasteiger partial charge on any atom is -0.496 e. The zero-order chi connectivity index (χ0) is 17.6. The summed E-state index contributed by atoms with van der Waals surface area (Å²) in [6.45, 7) is 4.29. The van der Waals surface area contributed by atoms with Gasteiger partial charge in [0.05, 0.1) is 7.11 Å². The standard InChI is InChI=1S/C21H26O3/c1-4-21(5-2,15-14-20(22)23)18-12-8-6-10-16(18)17-11-7-9-13-19(17)24-3/h6-13H,4-5,14-15H2,1-3H3,(H,22,23). The van der Waals surface area contributed by atoms with Crippen molar-refractivity contribution in [3.63, 3.8) is 0 Å². The molecule has 2 rings (SSSR count). The molecule has 2 aromatic rings. The minimum atomic E-state index is -0.740. The summed E-state index contributed by atoms with van der Waals surface area (Å²) in [5.41, 5.74) is 3.25. The van der Waals surface area contributed by atoms with Crippen LogP contribution in [0.4, 0.5) is 0 Å². The van der Waals surface area contributed by atoms with Crippen LogP contribution >= 0.6 is 0 Å². The van der Waals surface area contributed by atoms with Gasteiger partial charge < -0.3 is 9.84 Å². The number of aliphatic carboxylic acids is 1. The van der Waals surface area contributed by atoms with E-state index in [1.54, 1.807) is 7.11 Å². The number of para-hydroxylation sites is 1. The van der Waals surface area contributed by atoms with Crippen LogP contribution in [0.15, 0.2) is 48.5 Å². The number of rotatable bonds is 8. The highest BCUT2D eigenvalue weighted by atomic mass is 16.5. The first-order chi connectivity index (χ1) is 11.6. The van der Waals surface area contributed by atoms with Crippen molar-refractivity contribution in [2.75, 3.05) is 7.11 Å². The van der Waals surface area contributed by atoms with Crippen LogP contribution in [0.5, 0.6) is 5.75 Å². The van der Waals surface area contributed by atoms with Crippen molar-refractivity contribution in [2.45, 2.75) is 44.9 Å². The van der Waals surface area contributed by atoms with Crippen LogP contribution in [0, 0.1) is 0 Å². The number of benzene rings is 2. The molecule has 0 aliphatic carbocycles. The Labute approximate surface area is 144 Å². The first kappa shape index (κ1) is 18.1. The molecule has 0 fully saturated rings. The molecule has 0 spiro atoms. The fourth-order valence-electron chi connectivity index (χ4n) is 3.51. The third kappa shape index (κ3) is 3.61. The van der Waals surface area contributed by atoms with E-state index in [4.69, 9.17) is 9.84 Å². The van der Waals surface area contributed by atoms with Crippen molar-refractivity contribution in [3.05, 3.63) is 54.1 Å². The lowest BCUT2D eigenvalue weighted by Gasteiger charge is -2.34. The highest BCUT2D eigenvalue weighted by molar-refractivity contribution is 5.75. The van der Waals surface area contributed by atoms with Crippen molar-refractivity contribution in [1.82, 2.24) is 0 Å². The second kappa shape index (κ2) is 8.00. The molecule has 128 valence electrons. The number of carboxylic acid groups (broad SMARTS) is 1. The van der Waals surface area contributed by atoms with Crippen LogP contribution in [0.2, 0.25) is 0 Å². The molecule has 0 heterocycles. The SMILES string of the molecule is CCC(CC)(CCC(=O)O)c1ccccc1-c1ccccc1OC. The maximum absolute atomic E-state index is 11.1. The molecule has 0 saturated heterocycles. The molecule has 3 nitrogen and oxygen atoms in total. The summed E-state index contributed by atoms with van der Waals surface area (Å²) in [6, 6.07) is 16.3. The third-order valence-corrected chi connectivity index (χ3v) is 5.07. The normalized spacial score (nSPS) is 11.3. The average Bonchev–Trinajstić information content (AvgIpc) is 2.63. The number of hydrogen-bond acceptors (Lipinski definition) is 2. The van der Waals surface area contributed by atoms with Gasteiger partial charge in [-0.15, -0.1) is 0 Å². The second-order valence-corrected chi connectivity index (χ2v) is 6.13. The monoisotopic (exact) mass is 326 g/mol. The Morgan fingerprint density at radius 3 is 2.17 bits per heavy atom. The van der Waals surface area contributed by atoms with Gasteiger partial charge in [-0.1, -0.05) is 56.3 Å². The van der Waals surface area contributed by atoms with E-state index in [9.17, 15) is 4.79 Å². The van der Waals surface area contributed by atoms with Gasteiger partial charge in [0.1, 0.15) is 5.75 Å². The van der Waals surface area contributed by atoms with Gasteiger partial charge in [-0.2, -0.15) is 0 Å². The Bertz CT molecular complexity index is 687. The topological polar surface area (TPSA) is 46.5 Å². The van der Waals surface area contributed by atoms with E-state index in [1.807, 2.05) is 30.3 Å². The molecule has 2 aromatic carbocycles. The molecule has 24 heavy (non-hydrogen) atoms. The molecule has 0 amide bonds. The molecule has 0 unspecified atom stereocenters. The summed E-state index contributed by atoms with van der Waals surface area (Å²) in [5.74, 6) is 0.0975. The zero-order valence-electron chi connectivity index (χ0n) is 14.7. The van der Waals surface area contributed by atoms with E-state index >= 15 is 0 Å². The Balaban J connectivity index is 2.59. The molecule has 0 saturated carbocycles. The van der Waals surface area contributed by atoms with Crippen LogP contribution in [0.3, 0.4) is 0 Å². The molecule has 0 bridgehead atoms. The molecule has 0 aromatic heterocycles. The number of ether oxygens (including phenoxy) is 1. The van der Waals surface area contributed by atoms with Crippen molar-refractivity contribution >= 4 is 5.97 Å². The van der Waals surface area contributed by atoms with E-state index in [0.29, 0.717) is 6.42 Å². The Morgan fingerprint density at radius 1 is 1.00 bits per heavy atom. The fourth-order valence-corrected chi connectivity index (χ4v) is 3.51. The molecule has 0 atom stereocenters. The van der Waals surface area contributed by atoms with Crippen molar-refractivity contribution < 1.29 is 14.6 Å². The van der Waals surface area contributed by atoms with E-state index in [2.05, 4.69) is 32.0 Å². The Kier molecular flexibility index (Phi) is 6.02. The molecule has 1 N–H and O–H groups in total. The van der Waals surface area contributed by atoms with E-state index in [0.717, 1.165) is 29.7 Å². The van der Waals surface area contributed by atoms with Gasteiger partial charge in [0.25, 0.3) is 0 Å². The van der Waals surface area contributed by atoms with E-state index < -0.39 is 5.97 Å². The largest absolute Gasteiger partial charge is 0.496 e. The maximum atomic E-state index is 11.1. The summed E-state index contributed by atoms with van der Waals surface area (Å²) < 4.78 is 5.54. The van der Waals surface area contributed by atoms with Crippen LogP contribution in [-0.2, 0) is 10.2 Å². The first-order valence-electron chi connectivity index (χ1n) is 8.52. The van der Waals surface area contributed by atoms with Gasteiger partial charge in [0.15, 0.2) is 0 Å². The van der Waals surface area contributed by atoms with Crippen molar-refractivity contribution in [3.8, 4) is 16.9 Å². The maximum Gasteiger partial charge on any atom is 0.303 e. The predicted octanol–water partition coefficient (Wildman–Crippen LogP) is 5.28. The van der Waals surface area contributed by atoms with Crippen molar-refractivity contribution in [1.29, 1.82) is 0 Å². The minimum absolute atomic E-state index is 0.143. The molecular formula is C21H26O3. The summed E-state index contributed by atoms with van der Waals surface area (Å²) in [7, 11) is 1.68. The lowest BCUT2D eigenvalue weighted by atomic mass is 9.70. The van der Waals surface area contributed by atoms with E-state index in [1.165, 1.54) is 5.56 Å². The van der Waals surface area contributed by atoms with Crippen LogP contribution in [-0.4, -0.2) is 18.2 Å². The molecule has 0 aliphatic heterocycles. The number of carbonyl (C=O) groups is 1. The Hall–Kier alpha value is -2.29. The van der Waals surface area contributed by atoms with Crippen molar-refractivity contribution in [2.24, 2.45) is 0 Å². The quantitative estimate of drug-likeness (QED) is 0.717. The second-order valence-electron chi connectivity index (χ2n) is 6.13. The average molecular weight is 326 g/mol. The van der Waals surface area contributed by atoms with Crippen LogP contribution in [0.25, 0.3) is 11.1 Å². The molecule has 0 aliphatic rings. The van der Waals surface area contributed by atoms with Gasteiger partial charge in [0.2, 0.25) is 0 Å². The van der Waals surface area contributed by atoms with Gasteiger partial charge in [-0.25, -0.2) is 0 Å². The molecule has 3 heteroatoms. The number of methoxy groups -OCH3 is 1. The summed E-state index contributed by atoms with van der Waals surface area (Å²) in [6.07, 6.45) is 2.63. The summed E-state index contributed by atoms with van der Waals surface area (Å²) in [4.78, 5) is 11.1. The predicted molar refractivity (Wildman–Crippen MR) is 97.6 cm³/mol. The lowest BCUT2D eigenvalue weighted by Crippen LogP contribution is -2.26. The number of carboxylic acids is 1. The van der Waals surface area contributed by atoms with Crippen LogP contribution < -0.4 is 4.74 Å². The van der Waals surface area contributed by atoms with Gasteiger partial charge in [-0.05, 0) is 41.9 Å². The highest BCUT2D eigenvalue weighted by Gasteiger charge is 2.31. The van der Waals surface area contributed by atoms with Gasteiger partial charge in [0, 0.05) is 12.0 Å².